The third-order valence-electron chi connectivity index (χ3n) is 2.49. The second-order valence-electron chi connectivity index (χ2n) is 3.89. The van der Waals surface area contributed by atoms with Gasteiger partial charge in [0.25, 0.3) is 6.02 Å². The summed E-state index contributed by atoms with van der Waals surface area (Å²) < 4.78 is 41.9. The predicted octanol–water partition coefficient (Wildman–Crippen LogP) is 1.83. The van der Waals surface area contributed by atoms with Gasteiger partial charge in [-0.25, -0.2) is 4.99 Å². The van der Waals surface area contributed by atoms with Crippen molar-refractivity contribution in [2.45, 2.75) is 12.2 Å². The lowest BCUT2D eigenvalue weighted by molar-refractivity contribution is -0.137. The smallest absolute Gasteiger partial charge is 0.416 e. The van der Waals surface area contributed by atoms with Crippen LogP contribution >= 0.6 is 0 Å². The number of ether oxygens (including phenoxy) is 1. The Labute approximate surface area is 102 Å². The van der Waals surface area contributed by atoms with E-state index in [2.05, 4.69) is 10.3 Å². The summed E-state index contributed by atoms with van der Waals surface area (Å²) in [6.07, 6.45) is -4.31. The van der Waals surface area contributed by atoms with Gasteiger partial charge in [-0.15, -0.1) is 0 Å². The maximum Gasteiger partial charge on any atom is 0.416 e. The summed E-state index contributed by atoms with van der Waals surface area (Å²) in [5, 5.41) is 2.98. The normalized spacial score (nSPS) is 19.3. The molecule has 1 aliphatic heterocycles. The van der Waals surface area contributed by atoms with E-state index < -0.39 is 11.7 Å². The first-order valence-corrected chi connectivity index (χ1v) is 5.32. The van der Waals surface area contributed by atoms with E-state index in [-0.39, 0.29) is 12.1 Å². The van der Waals surface area contributed by atoms with Gasteiger partial charge < -0.3 is 15.8 Å². The number of alkyl halides is 3. The molecule has 4 nitrogen and oxygen atoms in total. The van der Waals surface area contributed by atoms with Crippen molar-refractivity contribution in [2.75, 3.05) is 18.5 Å². The molecule has 0 radical (unpaired) electrons. The Morgan fingerprint density at radius 3 is 2.50 bits per heavy atom. The molecule has 0 bridgehead atoms. The fourth-order valence-corrected chi connectivity index (χ4v) is 1.55. The summed E-state index contributed by atoms with van der Waals surface area (Å²) in [7, 11) is 0. The summed E-state index contributed by atoms with van der Waals surface area (Å²) in [4.78, 5) is 3.99. The van der Waals surface area contributed by atoms with E-state index in [1.807, 2.05) is 0 Å². The third-order valence-corrected chi connectivity index (χ3v) is 2.49. The molecule has 3 N–H and O–H groups in total. The van der Waals surface area contributed by atoms with Crippen LogP contribution in [0.5, 0.6) is 0 Å². The molecule has 2 rings (SSSR count). The standard InChI is InChI=1S/C11H12F3N3O/c12-11(13,14)7-1-3-8(4-2-7)16-5-9-6-18-10(15)17-9/h1-4,9,16H,5-6H2,(H2,15,17). The lowest BCUT2D eigenvalue weighted by atomic mass is 10.2. The number of halogens is 3. The van der Waals surface area contributed by atoms with Gasteiger partial charge in [-0.1, -0.05) is 0 Å². The maximum atomic E-state index is 12.3. The Balaban J connectivity index is 1.91. The van der Waals surface area contributed by atoms with Crippen LogP contribution in [0.25, 0.3) is 0 Å². The molecule has 0 amide bonds. The number of nitrogens with zero attached hydrogens (tertiary/aromatic N) is 1. The first-order valence-electron chi connectivity index (χ1n) is 5.32. The van der Waals surface area contributed by atoms with Gasteiger partial charge in [0.2, 0.25) is 0 Å². The summed E-state index contributed by atoms with van der Waals surface area (Å²) in [5.41, 5.74) is 5.27. The van der Waals surface area contributed by atoms with Crippen LogP contribution in [0.4, 0.5) is 18.9 Å². The van der Waals surface area contributed by atoms with Gasteiger partial charge in [0.05, 0.1) is 5.56 Å². The quantitative estimate of drug-likeness (QED) is 0.870. The van der Waals surface area contributed by atoms with Crippen molar-refractivity contribution in [1.29, 1.82) is 0 Å². The summed E-state index contributed by atoms with van der Waals surface area (Å²) in [5.74, 6) is 0. The van der Waals surface area contributed by atoms with Gasteiger partial charge >= 0.3 is 6.18 Å². The topological polar surface area (TPSA) is 59.6 Å². The lowest BCUT2D eigenvalue weighted by Gasteiger charge is -2.10. The highest BCUT2D eigenvalue weighted by Crippen LogP contribution is 2.29. The number of hydrogen-bond acceptors (Lipinski definition) is 4. The molecule has 0 aliphatic carbocycles. The first-order chi connectivity index (χ1) is 8.45. The van der Waals surface area contributed by atoms with E-state index in [0.717, 1.165) is 12.1 Å². The lowest BCUT2D eigenvalue weighted by Crippen LogP contribution is -2.19. The first kappa shape index (κ1) is 12.5. The molecule has 0 saturated carbocycles. The van der Waals surface area contributed by atoms with Crippen LogP contribution in [0.3, 0.4) is 0 Å². The highest BCUT2D eigenvalue weighted by atomic mass is 19.4. The van der Waals surface area contributed by atoms with Gasteiger partial charge in [-0.2, -0.15) is 13.2 Å². The molecule has 1 aromatic rings. The van der Waals surface area contributed by atoms with E-state index in [9.17, 15) is 13.2 Å². The van der Waals surface area contributed by atoms with Crippen molar-refractivity contribution in [3.63, 3.8) is 0 Å². The molecule has 1 unspecified atom stereocenters. The van der Waals surface area contributed by atoms with Crippen LogP contribution in [0.2, 0.25) is 0 Å². The minimum Gasteiger partial charge on any atom is -0.463 e. The molecule has 0 spiro atoms. The van der Waals surface area contributed by atoms with E-state index in [4.69, 9.17) is 10.5 Å². The van der Waals surface area contributed by atoms with Gasteiger partial charge in [-0.05, 0) is 24.3 Å². The van der Waals surface area contributed by atoms with E-state index in [1.165, 1.54) is 12.1 Å². The van der Waals surface area contributed by atoms with Crippen LogP contribution in [-0.4, -0.2) is 25.2 Å². The number of anilines is 1. The fourth-order valence-electron chi connectivity index (χ4n) is 1.55. The van der Waals surface area contributed by atoms with Gasteiger partial charge in [-0.3, -0.25) is 0 Å². The maximum absolute atomic E-state index is 12.3. The van der Waals surface area contributed by atoms with Crippen LogP contribution in [0.15, 0.2) is 29.3 Å². The average molecular weight is 259 g/mol. The van der Waals surface area contributed by atoms with Crippen molar-refractivity contribution < 1.29 is 17.9 Å². The Bertz CT molecular complexity index is 442. The van der Waals surface area contributed by atoms with E-state index in [0.29, 0.717) is 18.8 Å². The predicted molar refractivity (Wildman–Crippen MR) is 61.3 cm³/mol. The number of rotatable bonds is 3. The van der Waals surface area contributed by atoms with Crippen LogP contribution in [0, 0.1) is 0 Å². The number of hydrogen-bond donors (Lipinski definition) is 2. The molecule has 98 valence electrons. The van der Waals surface area contributed by atoms with Crippen LogP contribution < -0.4 is 11.1 Å². The van der Waals surface area contributed by atoms with Crippen molar-refractivity contribution >= 4 is 11.7 Å². The largest absolute Gasteiger partial charge is 0.463 e. The SMILES string of the molecule is NC1=NC(CNc2ccc(C(F)(F)F)cc2)CO1. The number of amidine groups is 1. The highest BCUT2D eigenvalue weighted by molar-refractivity contribution is 5.73. The van der Waals surface area contributed by atoms with Crippen molar-refractivity contribution in [3.8, 4) is 0 Å². The van der Waals surface area contributed by atoms with E-state index in [1.54, 1.807) is 0 Å². The minimum atomic E-state index is -4.31. The number of nitrogens with two attached hydrogens (primary N) is 1. The Hall–Kier alpha value is -1.92. The minimum absolute atomic E-state index is 0.104. The van der Waals surface area contributed by atoms with Crippen molar-refractivity contribution in [2.24, 2.45) is 10.7 Å². The molecule has 1 heterocycles. The van der Waals surface area contributed by atoms with Gasteiger partial charge in [0, 0.05) is 12.2 Å². The molecule has 0 fully saturated rings. The van der Waals surface area contributed by atoms with Crippen LogP contribution in [0.1, 0.15) is 5.56 Å². The molecule has 0 aromatic heterocycles. The zero-order valence-corrected chi connectivity index (χ0v) is 9.37. The summed E-state index contributed by atoms with van der Waals surface area (Å²) >= 11 is 0. The van der Waals surface area contributed by atoms with E-state index >= 15 is 0 Å². The third kappa shape index (κ3) is 3.06. The van der Waals surface area contributed by atoms with Gasteiger partial charge in [0.15, 0.2) is 0 Å². The van der Waals surface area contributed by atoms with Crippen molar-refractivity contribution in [1.82, 2.24) is 0 Å². The number of benzene rings is 1. The summed E-state index contributed by atoms with van der Waals surface area (Å²) in [6, 6.07) is 4.87. The monoisotopic (exact) mass is 259 g/mol. The Kier molecular flexibility index (Phi) is 3.31. The molecular formula is C11H12F3N3O. The molecule has 0 saturated heterocycles. The average Bonchev–Trinajstić information content (AvgIpc) is 2.72. The molecule has 1 aromatic carbocycles. The number of nitrogens with one attached hydrogen (secondary N) is 1. The molecule has 18 heavy (non-hydrogen) atoms. The molecule has 7 heteroatoms. The zero-order chi connectivity index (χ0) is 13.2. The Morgan fingerprint density at radius 2 is 2.00 bits per heavy atom. The highest BCUT2D eigenvalue weighted by Gasteiger charge is 2.29. The second kappa shape index (κ2) is 4.75. The molecular weight excluding hydrogens is 247 g/mol. The Morgan fingerprint density at radius 1 is 1.33 bits per heavy atom. The molecule has 1 atom stereocenters. The van der Waals surface area contributed by atoms with Crippen LogP contribution in [-0.2, 0) is 10.9 Å². The zero-order valence-electron chi connectivity index (χ0n) is 9.37. The fraction of sp³-hybridized carbons (Fsp3) is 0.364. The van der Waals surface area contributed by atoms with Crippen molar-refractivity contribution in [3.05, 3.63) is 29.8 Å². The molecule has 1 aliphatic rings. The van der Waals surface area contributed by atoms with Gasteiger partial charge in [0.1, 0.15) is 12.6 Å². The second-order valence-corrected chi connectivity index (χ2v) is 3.89. The number of aliphatic imine (C=N–C) groups is 1. The summed E-state index contributed by atoms with van der Waals surface area (Å²) in [6.45, 7) is 0.853.